The van der Waals surface area contributed by atoms with Gasteiger partial charge in [0.25, 0.3) is 0 Å². The largest absolute Gasteiger partial charge is 0.480 e. The lowest BCUT2D eigenvalue weighted by molar-refractivity contribution is -0.156. The minimum Gasteiger partial charge on any atom is -0.480 e. The van der Waals surface area contributed by atoms with Crippen molar-refractivity contribution >= 4 is 23.5 Å². The van der Waals surface area contributed by atoms with Gasteiger partial charge in [-0.3, -0.25) is 9.59 Å². The number of carbonyl (C=O) groups is 2. The number of carboxylic acids is 2. The Morgan fingerprint density at radius 3 is 2.28 bits per heavy atom. The van der Waals surface area contributed by atoms with Crippen LogP contribution in [0.25, 0.3) is 0 Å². The van der Waals surface area contributed by atoms with Crippen molar-refractivity contribution in [3.8, 4) is 6.07 Å². The van der Waals surface area contributed by atoms with Crippen LogP contribution in [0, 0.1) is 17.1 Å². The van der Waals surface area contributed by atoms with E-state index in [4.69, 9.17) is 27.1 Å². The highest BCUT2D eigenvalue weighted by Crippen LogP contribution is 2.33. The van der Waals surface area contributed by atoms with Crippen LogP contribution in [0.3, 0.4) is 0 Å². The van der Waals surface area contributed by atoms with Gasteiger partial charge in [-0.05, 0) is 13.0 Å². The van der Waals surface area contributed by atoms with Crippen LogP contribution in [0.5, 0.6) is 0 Å². The molecule has 1 aromatic carbocycles. The van der Waals surface area contributed by atoms with E-state index in [2.05, 4.69) is 0 Å². The van der Waals surface area contributed by atoms with E-state index in [0.717, 1.165) is 19.1 Å². The molecule has 0 aliphatic rings. The zero-order valence-corrected chi connectivity index (χ0v) is 9.82. The second-order valence-corrected chi connectivity index (χ2v) is 4.01. The van der Waals surface area contributed by atoms with Crippen molar-refractivity contribution in [2.75, 3.05) is 0 Å². The van der Waals surface area contributed by atoms with E-state index in [1.165, 1.54) is 6.07 Å². The summed E-state index contributed by atoms with van der Waals surface area (Å²) in [6.45, 7) is 0.893. The lowest BCUT2D eigenvalue weighted by Crippen LogP contribution is -2.41. The van der Waals surface area contributed by atoms with E-state index in [1.807, 2.05) is 0 Å². The smallest absolute Gasteiger partial charge is 0.325 e. The summed E-state index contributed by atoms with van der Waals surface area (Å²) < 4.78 is 13.6. The number of halogens is 2. The molecule has 0 bridgehead atoms. The summed E-state index contributed by atoms with van der Waals surface area (Å²) in [4.78, 5) is 22.1. The van der Waals surface area contributed by atoms with Gasteiger partial charge in [0.05, 0.1) is 10.6 Å². The molecule has 1 rings (SSSR count). The number of nitrogens with zero attached hydrogens (tertiary/aromatic N) is 1. The van der Waals surface area contributed by atoms with Crippen molar-refractivity contribution in [3.05, 3.63) is 34.1 Å². The molecule has 5 nitrogen and oxygen atoms in total. The number of hydrogen-bond donors (Lipinski definition) is 2. The van der Waals surface area contributed by atoms with Gasteiger partial charge in [0, 0.05) is 5.56 Å². The molecular formula is C11H7ClFNO4. The zero-order chi connectivity index (χ0) is 14.1. The summed E-state index contributed by atoms with van der Waals surface area (Å²) in [5, 5.41) is 25.8. The maximum atomic E-state index is 13.6. The number of benzene rings is 1. The summed E-state index contributed by atoms with van der Waals surface area (Å²) in [6.07, 6.45) is 0. The first-order valence-corrected chi connectivity index (χ1v) is 5.00. The molecule has 0 aliphatic carbocycles. The Morgan fingerprint density at radius 1 is 1.39 bits per heavy atom. The molecular weight excluding hydrogens is 265 g/mol. The minimum absolute atomic E-state index is 0.387. The fourth-order valence-corrected chi connectivity index (χ4v) is 1.70. The molecule has 0 fully saturated rings. The highest BCUT2D eigenvalue weighted by molar-refractivity contribution is 6.32. The minimum atomic E-state index is -2.38. The van der Waals surface area contributed by atoms with Gasteiger partial charge in [0.1, 0.15) is 6.07 Å². The summed E-state index contributed by atoms with van der Waals surface area (Å²) in [7, 11) is 0. The van der Waals surface area contributed by atoms with E-state index in [0.29, 0.717) is 0 Å². The number of hydrogen-bond acceptors (Lipinski definition) is 3. The molecule has 18 heavy (non-hydrogen) atoms. The first-order chi connectivity index (χ1) is 8.26. The van der Waals surface area contributed by atoms with Gasteiger partial charge in [0.2, 0.25) is 0 Å². The van der Waals surface area contributed by atoms with Crippen molar-refractivity contribution < 1.29 is 24.2 Å². The van der Waals surface area contributed by atoms with Crippen LogP contribution in [-0.2, 0) is 15.0 Å². The van der Waals surface area contributed by atoms with Gasteiger partial charge in [-0.25, -0.2) is 4.39 Å². The van der Waals surface area contributed by atoms with Crippen molar-refractivity contribution in [3.63, 3.8) is 0 Å². The molecule has 0 saturated carbocycles. The standard InChI is InChI=1S/C11H7ClFNO4/c1-11(9(15)16,10(17)18)6-3-2-5(4-14)8(13)7(6)12/h2-3H,1H3,(H,15,16)(H,17,18). The summed E-state index contributed by atoms with van der Waals surface area (Å²) in [5.41, 5.74) is -3.19. The SMILES string of the molecule is CC(C(=O)O)(C(=O)O)c1ccc(C#N)c(F)c1Cl. The fraction of sp³-hybridized carbons (Fsp3) is 0.182. The molecule has 0 saturated heterocycles. The Bertz CT molecular complexity index is 565. The second-order valence-electron chi connectivity index (χ2n) is 3.64. The Balaban J connectivity index is 3.61. The Labute approximate surface area is 106 Å². The van der Waals surface area contributed by atoms with Gasteiger partial charge in [-0.1, -0.05) is 17.7 Å². The van der Waals surface area contributed by atoms with Gasteiger partial charge >= 0.3 is 11.9 Å². The topological polar surface area (TPSA) is 98.4 Å². The molecule has 0 aromatic heterocycles. The highest BCUT2D eigenvalue weighted by Gasteiger charge is 2.45. The molecule has 0 spiro atoms. The van der Waals surface area contributed by atoms with Gasteiger partial charge < -0.3 is 10.2 Å². The van der Waals surface area contributed by atoms with Crippen molar-refractivity contribution in [2.45, 2.75) is 12.3 Å². The third-order valence-corrected chi connectivity index (χ3v) is 2.97. The predicted molar refractivity (Wildman–Crippen MR) is 58.7 cm³/mol. The average Bonchev–Trinajstić information content (AvgIpc) is 2.31. The first kappa shape index (κ1) is 13.9. The average molecular weight is 272 g/mol. The second kappa shape index (κ2) is 4.63. The summed E-state index contributed by atoms with van der Waals surface area (Å²) in [6, 6.07) is 3.53. The lowest BCUT2D eigenvalue weighted by atomic mass is 9.82. The van der Waals surface area contributed by atoms with Crippen molar-refractivity contribution in [1.82, 2.24) is 0 Å². The first-order valence-electron chi connectivity index (χ1n) is 4.62. The summed E-state index contributed by atoms with van der Waals surface area (Å²) in [5.74, 6) is -4.49. The molecule has 7 heteroatoms. The zero-order valence-electron chi connectivity index (χ0n) is 9.07. The Morgan fingerprint density at radius 2 is 1.89 bits per heavy atom. The van der Waals surface area contributed by atoms with Crippen LogP contribution in [0.1, 0.15) is 18.1 Å². The molecule has 0 atom stereocenters. The molecule has 0 amide bonds. The molecule has 0 unspecified atom stereocenters. The molecule has 2 N–H and O–H groups in total. The third kappa shape index (κ3) is 1.89. The van der Waals surface area contributed by atoms with Crippen LogP contribution >= 0.6 is 11.6 Å². The maximum Gasteiger partial charge on any atom is 0.325 e. The van der Waals surface area contributed by atoms with Crippen LogP contribution in [0.15, 0.2) is 12.1 Å². The van der Waals surface area contributed by atoms with Crippen molar-refractivity contribution in [2.24, 2.45) is 0 Å². The molecule has 94 valence electrons. The molecule has 0 aliphatic heterocycles. The lowest BCUT2D eigenvalue weighted by Gasteiger charge is -2.21. The van der Waals surface area contributed by atoms with E-state index in [-0.39, 0.29) is 5.56 Å². The normalized spacial score (nSPS) is 10.8. The van der Waals surface area contributed by atoms with Gasteiger partial charge in [0.15, 0.2) is 11.2 Å². The fourth-order valence-electron chi connectivity index (χ4n) is 1.34. The predicted octanol–water partition coefficient (Wildman–Crippen LogP) is 1.78. The van der Waals surface area contributed by atoms with Crippen molar-refractivity contribution in [1.29, 1.82) is 5.26 Å². The molecule has 0 heterocycles. The summed E-state index contributed by atoms with van der Waals surface area (Å²) >= 11 is 5.60. The van der Waals surface area contributed by atoms with Crippen LogP contribution in [-0.4, -0.2) is 22.2 Å². The monoisotopic (exact) mass is 271 g/mol. The Kier molecular flexibility index (Phi) is 3.58. The molecule has 1 aromatic rings. The van der Waals surface area contributed by atoms with E-state index < -0.39 is 33.8 Å². The quantitative estimate of drug-likeness (QED) is 0.817. The number of nitriles is 1. The highest BCUT2D eigenvalue weighted by atomic mass is 35.5. The van der Waals surface area contributed by atoms with Crippen LogP contribution in [0.2, 0.25) is 5.02 Å². The molecule has 0 radical (unpaired) electrons. The van der Waals surface area contributed by atoms with E-state index in [1.54, 1.807) is 0 Å². The van der Waals surface area contributed by atoms with Crippen LogP contribution in [0.4, 0.5) is 4.39 Å². The van der Waals surface area contributed by atoms with Crippen LogP contribution < -0.4 is 0 Å². The van der Waals surface area contributed by atoms with Gasteiger partial charge in [-0.15, -0.1) is 0 Å². The Hall–Kier alpha value is -2.13. The third-order valence-electron chi connectivity index (χ3n) is 2.60. The van der Waals surface area contributed by atoms with E-state index in [9.17, 15) is 14.0 Å². The number of rotatable bonds is 3. The number of carboxylic acid groups (broad SMARTS) is 2. The van der Waals surface area contributed by atoms with Gasteiger partial charge in [-0.2, -0.15) is 5.26 Å². The number of aliphatic carboxylic acids is 2. The maximum absolute atomic E-state index is 13.6. The van der Waals surface area contributed by atoms with E-state index >= 15 is 0 Å².